The van der Waals surface area contributed by atoms with E-state index in [1.54, 1.807) is 42.0 Å². The number of aromatic nitrogens is 6. The Morgan fingerprint density at radius 1 is 1.09 bits per heavy atom. The Hall–Kier alpha value is -2.70. The van der Waals surface area contributed by atoms with Crippen LogP contribution in [-0.2, 0) is 0 Å². The van der Waals surface area contributed by atoms with Crippen molar-refractivity contribution in [2.75, 3.05) is 11.5 Å². The van der Waals surface area contributed by atoms with Crippen molar-refractivity contribution in [2.24, 2.45) is 0 Å². The summed E-state index contributed by atoms with van der Waals surface area (Å²) in [5, 5.41) is 15.9. The molecule has 0 bridgehead atoms. The van der Waals surface area contributed by atoms with Crippen LogP contribution in [0.4, 0.5) is 5.82 Å². The van der Waals surface area contributed by atoms with Crippen LogP contribution >= 0.6 is 36.2 Å². The number of fused-ring (bicyclic) bond motifs is 1. The molecule has 0 aliphatic carbocycles. The first-order chi connectivity index (χ1) is 15.9. The van der Waals surface area contributed by atoms with E-state index < -0.39 is 4.92 Å². The highest BCUT2D eigenvalue weighted by Crippen LogP contribution is 2.32. The smallest absolute Gasteiger partial charge is 0.358 e. The Morgan fingerprint density at radius 3 is 2.67 bits per heavy atom. The molecule has 0 aromatic carbocycles. The summed E-state index contributed by atoms with van der Waals surface area (Å²) in [5.41, 5.74) is 3.31. The van der Waals surface area contributed by atoms with Gasteiger partial charge < -0.3 is 10.1 Å². The highest BCUT2D eigenvalue weighted by molar-refractivity contribution is 8.00. The Morgan fingerprint density at radius 2 is 1.88 bits per heavy atom. The van der Waals surface area contributed by atoms with Gasteiger partial charge in [0.2, 0.25) is 5.65 Å². The number of pyridine rings is 1. The van der Waals surface area contributed by atoms with Crippen LogP contribution < -0.4 is 0 Å². The van der Waals surface area contributed by atoms with Gasteiger partial charge in [-0.2, -0.15) is 12.6 Å². The minimum Gasteiger partial charge on any atom is -0.358 e. The van der Waals surface area contributed by atoms with E-state index in [2.05, 4.69) is 32.0 Å². The summed E-state index contributed by atoms with van der Waals surface area (Å²) in [4.78, 5) is 29.1. The van der Waals surface area contributed by atoms with Crippen LogP contribution in [0, 0.1) is 24.0 Å². The predicted molar refractivity (Wildman–Crippen MR) is 132 cm³/mol. The van der Waals surface area contributed by atoms with Crippen molar-refractivity contribution < 1.29 is 4.92 Å². The van der Waals surface area contributed by atoms with Crippen LogP contribution in [0.3, 0.4) is 0 Å². The summed E-state index contributed by atoms with van der Waals surface area (Å²) in [5.74, 6) is 2.28. The predicted octanol–water partition coefficient (Wildman–Crippen LogP) is 4.73. The molecule has 4 heterocycles. The maximum atomic E-state index is 11.1. The molecule has 0 radical (unpaired) electrons. The lowest BCUT2D eigenvalue weighted by atomic mass is 10.1. The lowest BCUT2D eigenvalue weighted by molar-refractivity contribution is -0.391. The van der Waals surface area contributed by atoms with Crippen LogP contribution in [0.1, 0.15) is 34.4 Å². The molecule has 0 saturated carbocycles. The monoisotopic (exact) mass is 499 g/mol. The summed E-state index contributed by atoms with van der Waals surface area (Å²) in [7, 11) is 0. The second kappa shape index (κ2) is 10.5. The molecule has 9 nitrogen and oxygen atoms in total. The lowest BCUT2D eigenvalue weighted by Crippen LogP contribution is -2.06. The number of imidazole rings is 1. The average Bonchev–Trinajstić information content (AvgIpc) is 3.23. The molecular weight excluding hydrogens is 478 g/mol. The van der Waals surface area contributed by atoms with Gasteiger partial charge in [-0.05, 0) is 54.7 Å². The molecule has 1 unspecified atom stereocenters. The fraction of sp³-hybridized carbons (Fsp3) is 0.286. The van der Waals surface area contributed by atoms with Gasteiger partial charge in [-0.3, -0.25) is 4.98 Å². The van der Waals surface area contributed by atoms with Gasteiger partial charge in [-0.15, -0.1) is 23.5 Å². The van der Waals surface area contributed by atoms with Crippen molar-refractivity contribution >= 4 is 47.6 Å². The van der Waals surface area contributed by atoms with Gasteiger partial charge in [0, 0.05) is 34.8 Å². The maximum Gasteiger partial charge on any atom is 0.368 e. The fourth-order valence-electron chi connectivity index (χ4n) is 3.15. The summed E-state index contributed by atoms with van der Waals surface area (Å²) in [6, 6.07) is 7.45. The third kappa shape index (κ3) is 5.45. The first-order valence-corrected chi connectivity index (χ1v) is 12.6. The molecule has 170 valence electrons. The number of thioether (sulfide) groups is 2. The number of hydrogen-bond donors (Lipinski definition) is 1. The zero-order valence-electron chi connectivity index (χ0n) is 18.0. The number of nitro groups is 1. The molecular formula is C21H21N7O2S3. The average molecular weight is 500 g/mol. The van der Waals surface area contributed by atoms with E-state index in [0.717, 1.165) is 44.8 Å². The van der Waals surface area contributed by atoms with Crippen molar-refractivity contribution in [2.45, 2.75) is 35.4 Å². The third-order valence-corrected chi connectivity index (χ3v) is 7.54. The maximum absolute atomic E-state index is 11.1. The van der Waals surface area contributed by atoms with Gasteiger partial charge in [-0.1, -0.05) is 9.61 Å². The molecule has 0 aliphatic heterocycles. The first kappa shape index (κ1) is 23.5. The van der Waals surface area contributed by atoms with Crippen molar-refractivity contribution in [1.29, 1.82) is 0 Å². The van der Waals surface area contributed by atoms with Crippen molar-refractivity contribution in [3.8, 4) is 0 Å². The van der Waals surface area contributed by atoms with Crippen LogP contribution in [0.15, 0.2) is 52.8 Å². The zero-order chi connectivity index (χ0) is 23.4. The van der Waals surface area contributed by atoms with Gasteiger partial charge in [0.15, 0.2) is 0 Å². The molecule has 0 N–H and O–H groups in total. The van der Waals surface area contributed by atoms with E-state index in [1.807, 2.05) is 25.1 Å². The van der Waals surface area contributed by atoms with E-state index in [9.17, 15) is 10.1 Å². The highest BCUT2D eigenvalue weighted by Gasteiger charge is 2.19. The van der Waals surface area contributed by atoms with Crippen LogP contribution in [-0.4, -0.2) is 46.0 Å². The summed E-state index contributed by atoms with van der Waals surface area (Å²) in [6.07, 6.45) is 5.71. The van der Waals surface area contributed by atoms with Crippen molar-refractivity contribution in [3.05, 3.63) is 75.7 Å². The zero-order valence-corrected chi connectivity index (χ0v) is 20.5. The normalized spacial score (nSPS) is 12.2. The van der Waals surface area contributed by atoms with Gasteiger partial charge >= 0.3 is 5.82 Å². The van der Waals surface area contributed by atoms with Gasteiger partial charge in [-0.25, -0.2) is 15.0 Å². The van der Waals surface area contributed by atoms with Crippen LogP contribution in [0.2, 0.25) is 0 Å². The molecule has 0 spiro atoms. The molecule has 4 aromatic heterocycles. The second-order valence-corrected chi connectivity index (χ2v) is 9.91. The SMILES string of the molecule is Cc1ccnc(C(S)c2nccc(SCCCSc3ccc4ncc([N+](=O)[O-])n4n3)c2C)n1. The summed E-state index contributed by atoms with van der Waals surface area (Å²) < 4.78 is 1.27. The van der Waals surface area contributed by atoms with Gasteiger partial charge in [0.1, 0.15) is 22.3 Å². The highest BCUT2D eigenvalue weighted by atomic mass is 32.2. The van der Waals surface area contributed by atoms with Crippen molar-refractivity contribution in [3.63, 3.8) is 0 Å². The molecule has 4 aromatic rings. The molecule has 0 amide bonds. The number of nitrogens with zero attached hydrogens (tertiary/aromatic N) is 7. The Labute approximate surface area is 204 Å². The number of rotatable bonds is 9. The summed E-state index contributed by atoms with van der Waals surface area (Å²) >= 11 is 8.06. The first-order valence-electron chi connectivity index (χ1n) is 10.1. The largest absolute Gasteiger partial charge is 0.368 e. The second-order valence-electron chi connectivity index (χ2n) is 7.14. The number of aryl methyl sites for hydroxylation is 1. The van der Waals surface area contributed by atoms with E-state index in [-0.39, 0.29) is 11.1 Å². The molecule has 33 heavy (non-hydrogen) atoms. The van der Waals surface area contributed by atoms with E-state index in [1.165, 1.54) is 10.7 Å². The quantitative estimate of drug-likeness (QED) is 0.115. The van der Waals surface area contributed by atoms with Gasteiger partial charge in [0.25, 0.3) is 0 Å². The molecule has 1 atom stereocenters. The molecule has 0 saturated heterocycles. The molecule has 0 fully saturated rings. The van der Waals surface area contributed by atoms with Gasteiger partial charge in [0.05, 0.1) is 5.69 Å². The standard InChI is InChI=1S/C21H21N7O2S3/c1-13-6-8-23-21(25-13)20(31)19-14(2)15(7-9-22-19)32-10-3-11-33-17-5-4-16-24-12-18(28(29)30)27(16)26-17/h4-9,12,20,31H,3,10-11H2,1-2H3. The minimum absolute atomic E-state index is 0.134. The number of hydrogen-bond acceptors (Lipinski definition) is 10. The Kier molecular flexibility index (Phi) is 7.46. The van der Waals surface area contributed by atoms with Crippen LogP contribution in [0.25, 0.3) is 5.65 Å². The lowest BCUT2D eigenvalue weighted by Gasteiger charge is -2.14. The Balaban J connectivity index is 1.34. The summed E-state index contributed by atoms with van der Waals surface area (Å²) in [6.45, 7) is 3.98. The number of thiol groups is 1. The third-order valence-electron chi connectivity index (χ3n) is 4.81. The van der Waals surface area contributed by atoms with E-state index >= 15 is 0 Å². The minimum atomic E-state index is -0.482. The van der Waals surface area contributed by atoms with Crippen LogP contribution in [0.5, 0.6) is 0 Å². The Bertz CT molecular complexity index is 1300. The van der Waals surface area contributed by atoms with E-state index in [0.29, 0.717) is 11.5 Å². The topological polar surface area (TPSA) is 112 Å². The molecule has 4 rings (SSSR count). The van der Waals surface area contributed by atoms with E-state index in [4.69, 9.17) is 12.6 Å². The molecule has 12 heteroatoms. The van der Waals surface area contributed by atoms with Crippen molar-refractivity contribution in [1.82, 2.24) is 29.5 Å². The molecule has 0 aliphatic rings. The fourth-order valence-corrected chi connectivity index (χ4v) is 5.51.